The molecule has 2 N–H and O–H groups in total. The lowest BCUT2D eigenvalue weighted by Gasteiger charge is -2.27. The van der Waals surface area contributed by atoms with Gasteiger partial charge in [-0.1, -0.05) is 12.1 Å². The van der Waals surface area contributed by atoms with Gasteiger partial charge in [-0.15, -0.1) is 0 Å². The van der Waals surface area contributed by atoms with Crippen molar-refractivity contribution in [3.63, 3.8) is 0 Å². The van der Waals surface area contributed by atoms with Crippen molar-refractivity contribution in [2.75, 3.05) is 24.4 Å². The molecular weight excluding hydrogens is 466 g/mol. The molecule has 1 atom stereocenters. The second kappa shape index (κ2) is 10.2. The fourth-order valence-corrected chi connectivity index (χ4v) is 4.14. The Morgan fingerprint density at radius 3 is 2.19 bits per heavy atom. The van der Waals surface area contributed by atoms with Crippen LogP contribution in [0.15, 0.2) is 84.1 Å². The molecule has 4 rings (SSSR count). The molecule has 0 fully saturated rings. The quantitative estimate of drug-likeness (QED) is 0.331. The lowest BCUT2D eigenvalue weighted by molar-refractivity contribution is -0.384. The number of nitrogens with one attached hydrogen (secondary N) is 1. The summed E-state index contributed by atoms with van der Waals surface area (Å²) in [5.74, 6) is -0.414. The van der Waals surface area contributed by atoms with Crippen molar-refractivity contribution in [2.45, 2.75) is 12.5 Å². The Kier molecular flexibility index (Phi) is 6.86. The normalized spacial score (nSPS) is 15.1. The zero-order valence-corrected chi connectivity index (χ0v) is 19.5. The number of anilines is 2. The van der Waals surface area contributed by atoms with Crippen LogP contribution in [0.5, 0.6) is 11.5 Å². The summed E-state index contributed by atoms with van der Waals surface area (Å²) in [4.78, 5) is 38.0. The highest BCUT2D eigenvalue weighted by atomic mass is 16.6. The zero-order valence-electron chi connectivity index (χ0n) is 19.5. The summed E-state index contributed by atoms with van der Waals surface area (Å²) in [7, 11) is 3.05. The summed E-state index contributed by atoms with van der Waals surface area (Å²) in [5.41, 5.74) is 1.65. The van der Waals surface area contributed by atoms with Crippen molar-refractivity contribution in [3.05, 3.63) is 99.7 Å². The van der Waals surface area contributed by atoms with Crippen LogP contribution in [0.2, 0.25) is 0 Å². The van der Waals surface area contributed by atoms with Crippen LogP contribution in [0.1, 0.15) is 18.0 Å². The van der Waals surface area contributed by atoms with Crippen LogP contribution in [0.4, 0.5) is 17.1 Å². The number of aliphatic carboxylic acids is 1. The first kappa shape index (κ1) is 24.3. The molecule has 0 spiro atoms. The standard InChI is InChI=1S/C26H23N3O7/c1-35-20-10-6-17(7-11-20)27-24-22(15-23(30)31)25(16-4-3-5-19(14-16)29(33)34)28(26(24)32)18-8-12-21(36-2)13-9-18/h3-14,25,27H,15H2,1-2H3,(H,30,31)/t25-/m0/s1. The first-order chi connectivity index (χ1) is 17.3. The fraction of sp³-hybridized carbons (Fsp3) is 0.154. The maximum atomic E-state index is 13.8. The molecule has 0 aliphatic carbocycles. The molecule has 36 heavy (non-hydrogen) atoms. The van der Waals surface area contributed by atoms with Gasteiger partial charge < -0.3 is 19.9 Å². The predicted octanol–water partition coefficient (Wildman–Crippen LogP) is 4.54. The number of hydrogen-bond acceptors (Lipinski definition) is 7. The highest BCUT2D eigenvalue weighted by Gasteiger charge is 2.42. The van der Waals surface area contributed by atoms with Crippen molar-refractivity contribution in [1.29, 1.82) is 0 Å². The number of carboxylic acids is 1. The van der Waals surface area contributed by atoms with Crippen molar-refractivity contribution in [3.8, 4) is 11.5 Å². The van der Waals surface area contributed by atoms with Crippen LogP contribution >= 0.6 is 0 Å². The first-order valence-electron chi connectivity index (χ1n) is 10.9. The molecular formula is C26H23N3O7. The summed E-state index contributed by atoms with van der Waals surface area (Å²) in [5, 5.41) is 24.2. The second-order valence-corrected chi connectivity index (χ2v) is 7.95. The van der Waals surface area contributed by atoms with Gasteiger partial charge in [0.05, 0.1) is 31.6 Å². The van der Waals surface area contributed by atoms with E-state index in [9.17, 15) is 24.8 Å². The molecule has 1 heterocycles. The highest BCUT2D eigenvalue weighted by molar-refractivity contribution is 6.12. The molecule has 0 unspecified atom stereocenters. The summed E-state index contributed by atoms with van der Waals surface area (Å²) in [6.45, 7) is 0. The Labute approximate surface area is 206 Å². The van der Waals surface area contributed by atoms with E-state index in [4.69, 9.17) is 9.47 Å². The number of hydrogen-bond donors (Lipinski definition) is 2. The molecule has 184 valence electrons. The SMILES string of the molecule is COc1ccc(NC2=C(CC(=O)O)[C@H](c3cccc([N+](=O)[O-])c3)N(c3ccc(OC)cc3)C2=O)cc1. The number of ether oxygens (including phenoxy) is 2. The monoisotopic (exact) mass is 489 g/mol. The van der Waals surface area contributed by atoms with Crippen LogP contribution < -0.4 is 19.7 Å². The maximum absolute atomic E-state index is 13.8. The molecule has 0 bridgehead atoms. The van der Waals surface area contributed by atoms with Crippen molar-refractivity contribution in [1.82, 2.24) is 0 Å². The number of methoxy groups -OCH3 is 2. The van der Waals surface area contributed by atoms with Crippen LogP contribution in [0.3, 0.4) is 0 Å². The van der Waals surface area contributed by atoms with Crippen molar-refractivity contribution < 1.29 is 29.1 Å². The van der Waals surface area contributed by atoms with Gasteiger partial charge in [0.2, 0.25) is 0 Å². The molecule has 0 saturated carbocycles. The third-order valence-electron chi connectivity index (χ3n) is 5.79. The predicted molar refractivity (Wildman–Crippen MR) is 132 cm³/mol. The molecule has 3 aromatic carbocycles. The molecule has 0 aromatic heterocycles. The molecule has 1 amide bonds. The smallest absolute Gasteiger partial charge is 0.307 e. The topological polar surface area (TPSA) is 131 Å². The van der Waals surface area contributed by atoms with E-state index >= 15 is 0 Å². The van der Waals surface area contributed by atoms with Gasteiger partial charge in [-0.2, -0.15) is 0 Å². The summed E-state index contributed by atoms with van der Waals surface area (Å²) >= 11 is 0. The number of non-ortho nitro benzene ring substituents is 1. The number of nitrogens with zero attached hydrogens (tertiary/aromatic N) is 2. The number of rotatable bonds is 9. The van der Waals surface area contributed by atoms with E-state index < -0.39 is 29.3 Å². The number of benzene rings is 3. The van der Waals surface area contributed by atoms with Crippen LogP contribution in [0.25, 0.3) is 0 Å². The minimum Gasteiger partial charge on any atom is -0.497 e. The molecule has 0 saturated heterocycles. The Morgan fingerprint density at radius 2 is 1.64 bits per heavy atom. The third kappa shape index (κ3) is 4.83. The van der Waals surface area contributed by atoms with E-state index in [1.807, 2.05) is 0 Å². The van der Waals surface area contributed by atoms with Gasteiger partial charge >= 0.3 is 5.97 Å². The van der Waals surface area contributed by atoms with Crippen molar-refractivity contribution in [2.24, 2.45) is 0 Å². The average Bonchev–Trinajstić information content (AvgIpc) is 3.15. The minimum atomic E-state index is -1.14. The van der Waals surface area contributed by atoms with Gasteiger partial charge in [0.15, 0.2) is 0 Å². The minimum absolute atomic E-state index is 0.0925. The Hall–Kier alpha value is -4.86. The third-order valence-corrected chi connectivity index (χ3v) is 5.79. The Bertz CT molecular complexity index is 1330. The number of nitro benzene ring substituents is 1. The molecule has 0 radical (unpaired) electrons. The number of amides is 1. The van der Waals surface area contributed by atoms with Gasteiger partial charge in [0, 0.05) is 23.5 Å². The molecule has 1 aliphatic heterocycles. The lowest BCUT2D eigenvalue weighted by Crippen LogP contribution is -2.31. The summed E-state index contributed by atoms with van der Waals surface area (Å²) in [6.07, 6.45) is -0.454. The molecule has 3 aromatic rings. The number of carboxylic acid groups (broad SMARTS) is 1. The van der Waals surface area contributed by atoms with E-state index in [2.05, 4.69) is 5.32 Å². The van der Waals surface area contributed by atoms with Gasteiger partial charge in [0.1, 0.15) is 17.2 Å². The van der Waals surface area contributed by atoms with Gasteiger partial charge in [-0.3, -0.25) is 24.6 Å². The first-order valence-corrected chi connectivity index (χ1v) is 10.9. The number of carbonyl (C=O) groups excluding carboxylic acids is 1. The van der Waals surface area contributed by atoms with Gasteiger partial charge in [0.25, 0.3) is 11.6 Å². The van der Waals surface area contributed by atoms with Crippen molar-refractivity contribution >= 4 is 28.9 Å². The van der Waals surface area contributed by atoms with E-state index in [0.29, 0.717) is 28.4 Å². The molecule has 10 nitrogen and oxygen atoms in total. The lowest BCUT2D eigenvalue weighted by atomic mass is 9.95. The van der Waals surface area contributed by atoms with E-state index in [0.717, 1.165) is 0 Å². The van der Waals surface area contributed by atoms with Crippen LogP contribution in [-0.4, -0.2) is 36.1 Å². The average molecular weight is 489 g/mol. The maximum Gasteiger partial charge on any atom is 0.307 e. The summed E-state index contributed by atoms with van der Waals surface area (Å²) < 4.78 is 10.4. The van der Waals surface area contributed by atoms with Crippen LogP contribution in [0, 0.1) is 10.1 Å². The van der Waals surface area contributed by atoms with Gasteiger partial charge in [-0.05, 0) is 59.7 Å². The van der Waals surface area contributed by atoms with Crippen LogP contribution in [-0.2, 0) is 9.59 Å². The zero-order chi connectivity index (χ0) is 25.8. The largest absolute Gasteiger partial charge is 0.497 e. The van der Waals surface area contributed by atoms with E-state index in [-0.39, 0.29) is 17.0 Å². The van der Waals surface area contributed by atoms with E-state index in [1.54, 1.807) is 54.6 Å². The second-order valence-electron chi connectivity index (χ2n) is 7.95. The Balaban J connectivity index is 1.87. The number of nitro groups is 1. The summed E-state index contributed by atoms with van der Waals surface area (Å²) in [6, 6.07) is 18.5. The van der Waals surface area contributed by atoms with E-state index in [1.165, 1.54) is 37.3 Å². The Morgan fingerprint density at radius 1 is 1.03 bits per heavy atom. The molecule has 1 aliphatic rings. The fourth-order valence-electron chi connectivity index (χ4n) is 4.14. The molecule has 10 heteroatoms. The van der Waals surface area contributed by atoms with Gasteiger partial charge in [-0.25, -0.2) is 0 Å². The number of carbonyl (C=O) groups is 2. The highest BCUT2D eigenvalue weighted by Crippen LogP contribution is 2.43.